The third kappa shape index (κ3) is 4.06. The monoisotopic (exact) mass is 250 g/mol. The molecule has 1 aromatic rings. The summed E-state index contributed by atoms with van der Waals surface area (Å²) in [4.78, 5) is 11.6. The van der Waals surface area contributed by atoms with Crippen molar-refractivity contribution in [3.63, 3.8) is 0 Å². The Labute approximate surface area is 109 Å². The third-order valence-corrected chi connectivity index (χ3v) is 2.83. The summed E-state index contributed by atoms with van der Waals surface area (Å²) < 4.78 is 9.93. The van der Waals surface area contributed by atoms with E-state index in [9.17, 15) is 4.79 Å². The fourth-order valence-corrected chi connectivity index (χ4v) is 1.70. The first-order valence-corrected chi connectivity index (χ1v) is 6.12. The number of aryl methyl sites for hydroxylation is 1. The summed E-state index contributed by atoms with van der Waals surface area (Å²) in [5.41, 5.74) is 1.91. The molecule has 1 rings (SSSR count). The number of rotatable bonds is 4. The van der Waals surface area contributed by atoms with E-state index < -0.39 is 0 Å². The molecule has 0 atom stereocenters. The van der Waals surface area contributed by atoms with Crippen molar-refractivity contribution in [3.8, 4) is 5.75 Å². The van der Waals surface area contributed by atoms with Crippen LogP contribution in [0.1, 0.15) is 43.1 Å². The number of ether oxygens (including phenoxy) is 2. The molecule has 0 spiro atoms. The van der Waals surface area contributed by atoms with Crippen molar-refractivity contribution in [1.29, 1.82) is 0 Å². The molecular formula is C15H22O3. The van der Waals surface area contributed by atoms with Gasteiger partial charge in [0.1, 0.15) is 11.3 Å². The summed E-state index contributed by atoms with van der Waals surface area (Å²) in [5, 5.41) is 0. The average molecular weight is 250 g/mol. The highest BCUT2D eigenvalue weighted by molar-refractivity contribution is 5.92. The third-order valence-electron chi connectivity index (χ3n) is 2.83. The molecule has 0 radical (unpaired) electrons. The molecule has 0 unspecified atom stereocenters. The molecule has 0 N–H and O–H groups in total. The summed E-state index contributed by atoms with van der Waals surface area (Å²) >= 11 is 0. The molecule has 0 fully saturated rings. The van der Waals surface area contributed by atoms with Crippen molar-refractivity contribution in [3.05, 3.63) is 29.3 Å². The molecule has 0 amide bonds. The molecule has 0 saturated heterocycles. The topological polar surface area (TPSA) is 35.5 Å². The van der Waals surface area contributed by atoms with Crippen molar-refractivity contribution in [2.24, 2.45) is 5.41 Å². The molecule has 3 nitrogen and oxygen atoms in total. The van der Waals surface area contributed by atoms with Gasteiger partial charge in [0.15, 0.2) is 0 Å². The van der Waals surface area contributed by atoms with E-state index in [2.05, 4.69) is 20.8 Å². The fourth-order valence-electron chi connectivity index (χ4n) is 1.70. The van der Waals surface area contributed by atoms with Crippen molar-refractivity contribution >= 4 is 5.97 Å². The number of hydrogen-bond donors (Lipinski definition) is 0. The van der Waals surface area contributed by atoms with Crippen LogP contribution in [0.4, 0.5) is 0 Å². The summed E-state index contributed by atoms with van der Waals surface area (Å²) in [6, 6.07) is 5.68. The first kappa shape index (κ1) is 14.6. The normalized spacial score (nSPS) is 11.2. The van der Waals surface area contributed by atoms with Gasteiger partial charge in [-0.2, -0.15) is 0 Å². The Hall–Kier alpha value is -1.51. The lowest BCUT2D eigenvalue weighted by atomic mass is 9.88. The molecular weight excluding hydrogens is 228 g/mol. The highest BCUT2D eigenvalue weighted by Crippen LogP contribution is 2.25. The van der Waals surface area contributed by atoms with Crippen LogP contribution in [-0.4, -0.2) is 20.2 Å². The Morgan fingerprint density at radius 3 is 2.39 bits per heavy atom. The molecule has 0 aliphatic carbocycles. The van der Waals surface area contributed by atoms with Gasteiger partial charge in [0.25, 0.3) is 0 Å². The van der Waals surface area contributed by atoms with Gasteiger partial charge in [-0.3, -0.25) is 0 Å². The van der Waals surface area contributed by atoms with Gasteiger partial charge in [0, 0.05) is 0 Å². The standard InChI is InChI=1S/C15H22O3/c1-15(2,3)9-8-11-6-7-13(17-4)12(10-11)14(16)18-5/h6-7,10H,8-9H2,1-5H3. The average Bonchev–Trinajstić information content (AvgIpc) is 2.34. The van der Waals surface area contributed by atoms with Crippen LogP contribution in [0.5, 0.6) is 5.75 Å². The molecule has 0 aliphatic rings. The molecule has 18 heavy (non-hydrogen) atoms. The van der Waals surface area contributed by atoms with Crippen LogP contribution in [0.15, 0.2) is 18.2 Å². The summed E-state index contributed by atoms with van der Waals surface area (Å²) in [6.45, 7) is 6.62. The zero-order valence-electron chi connectivity index (χ0n) is 11.9. The Morgan fingerprint density at radius 1 is 1.22 bits per heavy atom. The molecule has 100 valence electrons. The zero-order chi connectivity index (χ0) is 13.8. The molecule has 0 bridgehead atoms. The summed E-state index contributed by atoms with van der Waals surface area (Å²) in [7, 11) is 2.93. The number of methoxy groups -OCH3 is 2. The van der Waals surface area contributed by atoms with Gasteiger partial charge >= 0.3 is 5.97 Å². The second-order valence-electron chi connectivity index (χ2n) is 5.59. The number of esters is 1. The molecule has 0 aliphatic heterocycles. The van der Waals surface area contributed by atoms with Gasteiger partial charge in [0.2, 0.25) is 0 Å². The summed E-state index contributed by atoms with van der Waals surface area (Å²) in [5.74, 6) is 0.200. The molecule has 1 aromatic carbocycles. The lowest BCUT2D eigenvalue weighted by molar-refractivity contribution is 0.0597. The van der Waals surface area contributed by atoms with Gasteiger partial charge in [0.05, 0.1) is 14.2 Å². The van der Waals surface area contributed by atoms with Gasteiger partial charge in [-0.1, -0.05) is 26.8 Å². The first-order chi connectivity index (χ1) is 8.37. The van der Waals surface area contributed by atoms with Crippen LogP contribution >= 0.6 is 0 Å². The maximum Gasteiger partial charge on any atom is 0.341 e. The second-order valence-corrected chi connectivity index (χ2v) is 5.59. The number of carbonyl (C=O) groups is 1. The predicted molar refractivity (Wildman–Crippen MR) is 72.1 cm³/mol. The van der Waals surface area contributed by atoms with E-state index in [0.717, 1.165) is 18.4 Å². The maximum atomic E-state index is 11.6. The van der Waals surface area contributed by atoms with E-state index in [4.69, 9.17) is 9.47 Å². The highest BCUT2D eigenvalue weighted by Gasteiger charge is 2.15. The van der Waals surface area contributed by atoms with Crippen LogP contribution in [0.25, 0.3) is 0 Å². The largest absolute Gasteiger partial charge is 0.496 e. The van der Waals surface area contributed by atoms with E-state index >= 15 is 0 Å². The number of hydrogen-bond acceptors (Lipinski definition) is 3. The lowest BCUT2D eigenvalue weighted by Crippen LogP contribution is -2.08. The SMILES string of the molecule is COC(=O)c1cc(CCC(C)(C)C)ccc1OC. The number of carbonyl (C=O) groups excluding carboxylic acids is 1. The van der Waals surface area contributed by atoms with E-state index in [1.54, 1.807) is 7.11 Å². The Morgan fingerprint density at radius 2 is 1.89 bits per heavy atom. The minimum atomic E-state index is -0.357. The van der Waals surface area contributed by atoms with Crippen molar-refractivity contribution in [2.45, 2.75) is 33.6 Å². The van der Waals surface area contributed by atoms with E-state index in [-0.39, 0.29) is 11.4 Å². The van der Waals surface area contributed by atoms with E-state index in [0.29, 0.717) is 11.3 Å². The molecule has 0 saturated carbocycles. The zero-order valence-corrected chi connectivity index (χ0v) is 11.9. The Kier molecular flexibility index (Phi) is 4.76. The minimum absolute atomic E-state index is 0.283. The second kappa shape index (κ2) is 5.89. The van der Waals surface area contributed by atoms with Gasteiger partial charge < -0.3 is 9.47 Å². The molecule has 3 heteroatoms. The van der Waals surface area contributed by atoms with Crippen LogP contribution < -0.4 is 4.74 Å². The Bertz CT molecular complexity index is 416. The van der Waals surface area contributed by atoms with Crippen LogP contribution in [0.2, 0.25) is 0 Å². The molecule has 0 aromatic heterocycles. The van der Waals surface area contributed by atoms with E-state index in [1.807, 2.05) is 18.2 Å². The van der Waals surface area contributed by atoms with Gasteiger partial charge in [-0.25, -0.2) is 4.79 Å². The van der Waals surface area contributed by atoms with Crippen molar-refractivity contribution in [2.75, 3.05) is 14.2 Å². The smallest absolute Gasteiger partial charge is 0.341 e. The van der Waals surface area contributed by atoms with Crippen LogP contribution in [0.3, 0.4) is 0 Å². The van der Waals surface area contributed by atoms with Crippen LogP contribution in [-0.2, 0) is 11.2 Å². The Balaban J connectivity index is 2.92. The van der Waals surface area contributed by atoms with Gasteiger partial charge in [-0.15, -0.1) is 0 Å². The van der Waals surface area contributed by atoms with Crippen LogP contribution in [0, 0.1) is 5.41 Å². The van der Waals surface area contributed by atoms with Crippen molar-refractivity contribution in [1.82, 2.24) is 0 Å². The first-order valence-electron chi connectivity index (χ1n) is 6.12. The van der Waals surface area contributed by atoms with Crippen molar-refractivity contribution < 1.29 is 14.3 Å². The quantitative estimate of drug-likeness (QED) is 0.768. The number of benzene rings is 1. The summed E-state index contributed by atoms with van der Waals surface area (Å²) in [6.07, 6.45) is 2.01. The fraction of sp³-hybridized carbons (Fsp3) is 0.533. The van der Waals surface area contributed by atoms with E-state index in [1.165, 1.54) is 7.11 Å². The maximum absolute atomic E-state index is 11.6. The molecule has 0 heterocycles. The lowest BCUT2D eigenvalue weighted by Gasteiger charge is -2.18. The van der Waals surface area contributed by atoms with Gasteiger partial charge in [-0.05, 0) is 36.0 Å². The predicted octanol–water partition coefficient (Wildman–Crippen LogP) is 3.46. The highest BCUT2D eigenvalue weighted by atomic mass is 16.5. The minimum Gasteiger partial charge on any atom is -0.496 e.